The molecule has 0 saturated carbocycles. The number of anilines is 2. The Morgan fingerprint density at radius 3 is 2.55 bits per heavy atom. The van der Waals surface area contributed by atoms with Gasteiger partial charge in [-0.15, -0.1) is 0 Å². The van der Waals surface area contributed by atoms with Gasteiger partial charge in [0.25, 0.3) is 0 Å². The smallest absolute Gasteiger partial charge is 0.229 e. The van der Waals surface area contributed by atoms with Gasteiger partial charge in [-0.3, -0.25) is 4.72 Å². The van der Waals surface area contributed by atoms with Crippen LogP contribution in [0, 0.1) is 5.82 Å². The van der Waals surface area contributed by atoms with Gasteiger partial charge in [-0.05, 0) is 38.5 Å². The van der Waals surface area contributed by atoms with Gasteiger partial charge >= 0.3 is 0 Å². The lowest BCUT2D eigenvalue weighted by molar-refractivity contribution is 0.0185. The van der Waals surface area contributed by atoms with Gasteiger partial charge in [0.15, 0.2) is 0 Å². The minimum atomic E-state index is -3.50. The zero-order valence-corrected chi connectivity index (χ0v) is 13.0. The molecule has 0 amide bonds. The summed E-state index contributed by atoms with van der Waals surface area (Å²) in [7, 11) is -1.86. The minimum absolute atomic E-state index is 0.0662. The molecule has 0 atom stereocenters. The Balaban J connectivity index is 2.71. The van der Waals surface area contributed by atoms with Crippen LogP contribution in [0.25, 0.3) is 0 Å². The average molecular weight is 304 g/mol. The van der Waals surface area contributed by atoms with E-state index in [1.165, 1.54) is 12.1 Å². The molecule has 0 saturated heterocycles. The van der Waals surface area contributed by atoms with Crippen molar-refractivity contribution in [1.29, 1.82) is 0 Å². The van der Waals surface area contributed by atoms with Crippen molar-refractivity contribution in [2.45, 2.75) is 25.9 Å². The molecule has 0 aliphatic rings. The van der Waals surface area contributed by atoms with Gasteiger partial charge in [-0.2, -0.15) is 0 Å². The first kappa shape index (κ1) is 16.7. The van der Waals surface area contributed by atoms with Crippen molar-refractivity contribution in [3.8, 4) is 0 Å². The summed E-state index contributed by atoms with van der Waals surface area (Å²) < 4.78 is 43.2. The van der Waals surface area contributed by atoms with Crippen molar-refractivity contribution in [3.05, 3.63) is 24.0 Å². The van der Waals surface area contributed by atoms with E-state index in [2.05, 4.69) is 10.0 Å². The predicted molar refractivity (Wildman–Crippen MR) is 79.1 cm³/mol. The molecule has 114 valence electrons. The van der Waals surface area contributed by atoms with Gasteiger partial charge in [-0.1, -0.05) is 0 Å². The molecule has 1 aromatic carbocycles. The molecule has 0 heterocycles. The molecular formula is C13H21FN2O3S. The van der Waals surface area contributed by atoms with E-state index in [-0.39, 0.29) is 11.3 Å². The minimum Gasteiger partial charge on any atom is -0.385 e. The topological polar surface area (TPSA) is 67.4 Å². The van der Waals surface area contributed by atoms with Gasteiger partial charge in [0.2, 0.25) is 10.0 Å². The van der Waals surface area contributed by atoms with Crippen LogP contribution in [0.2, 0.25) is 0 Å². The molecule has 0 unspecified atom stereocenters. The van der Waals surface area contributed by atoms with Gasteiger partial charge in [0, 0.05) is 19.3 Å². The molecular weight excluding hydrogens is 283 g/mol. The van der Waals surface area contributed by atoms with Gasteiger partial charge in [0.1, 0.15) is 5.82 Å². The highest BCUT2D eigenvalue weighted by molar-refractivity contribution is 7.92. The fourth-order valence-corrected chi connectivity index (χ4v) is 2.08. The van der Waals surface area contributed by atoms with Crippen LogP contribution >= 0.6 is 0 Å². The Kier molecular flexibility index (Phi) is 5.35. The molecule has 0 aliphatic heterocycles. The highest BCUT2D eigenvalue weighted by Gasteiger charge is 2.15. The highest BCUT2D eigenvalue weighted by atomic mass is 32.2. The first-order chi connectivity index (χ1) is 9.13. The van der Waals surface area contributed by atoms with Crippen LogP contribution in [0.1, 0.15) is 20.3 Å². The van der Waals surface area contributed by atoms with Crippen LogP contribution in [-0.2, 0) is 14.8 Å². The number of hydrogen-bond donors (Lipinski definition) is 2. The molecule has 0 bridgehead atoms. The Morgan fingerprint density at radius 2 is 2.00 bits per heavy atom. The summed E-state index contributed by atoms with van der Waals surface area (Å²) in [5.74, 6) is -0.613. The monoisotopic (exact) mass is 304 g/mol. The summed E-state index contributed by atoms with van der Waals surface area (Å²) in [6, 6.07) is 4.20. The zero-order chi connectivity index (χ0) is 15.4. The van der Waals surface area contributed by atoms with E-state index in [9.17, 15) is 12.8 Å². The summed E-state index contributed by atoms with van der Waals surface area (Å²) in [6.45, 7) is 4.57. The van der Waals surface area contributed by atoms with E-state index in [1.807, 2.05) is 13.8 Å². The molecule has 7 heteroatoms. The number of hydrogen-bond acceptors (Lipinski definition) is 4. The molecule has 0 spiro atoms. The maximum absolute atomic E-state index is 13.5. The van der Waals surface area contributed by atoms with Crippen molar-refractivity contribution >= 4 is 21.4 Å². The van der Waals surface area contributed by atoms with E-state index < -0.39 is 15.8 Å². The van der Waals surface area contributed by atoms with Crippen LogP contribution in [0.15, 0.2) is 18.2 Å². The molecule has 1 rings (SSSR count). The average Bonchev–Trinajstić information content (AvgIpc) is 2.31. The highest BCUT2D eigenvalue weighted by Crippen LogP contribution is 2.21. The number of methoxy groups -OCH3 is 1. The van der Waals surface area contributed by atoms with Gasteiger partial charge < -0.3 is 10.1 Å². The lowest BCUT2D eigenvalue weighted by Gasteiger charge is -2.23. The van der Waals surface area contributed by atoms with Crippen LogP contribution in [0.5, 0.6) is 0 Å². The van der Waals surface area contributed by atoms with Crippen molar-refractivity contribution in [3.63, 3.8) is 0 Å². The first-order valence-electron chi connectivity index (χ1n) is 6.19. The number of rotatable bonds is 7. The van der Waals surface area contributed by atoms with E-state index in [1.54, 1.807) is 13.2 Å². The number of halogens is 1. The molecule has 0 aliphatic carbocycles. The Bertz CT molecular complexity index is 559. The maximum Gasteiger partial charge on any atom is 0.229 e. The third-order valence-corrected chi connectivity index (χ3v) is 3.46. The molecule has 0 fully saturated rings. The number of sulfonamides is 1. The van der Waals surface area contributed by atoms with Crippen molar-refractivity contribution in [2.75, 3.05) is 29.9 Å². The Morgan fingerprint density at radius 1 is 1.35 bits per heavy atom. The Hall–Kier alpha value is -1.34. The number of nitrogens with one attached hydrogen (secondary N) is 2. The SMILES string of the molecule is COC(C)(C)CCNc1ccc(F)c(NS(C)(=O)=O)c1. The largest absolute Gasteiger partial charge is 0.385 e. The van der Waals surface area contributed by atoms with Crippen LogP contribution in [0.4, 0.5) is 15.8 Å². The van der Waals surface area contributed by atoms with Crippen molar-refractivity contribution in [1.82, 2.24) is 0 Å². The van der Waals surface area contributed by atoms with Gasteiger partial charge in [0.05, 0.1) is 17.5 Å². The standard InChI is InChI=1S/C13H21FN2O3S/c1-13(2,19-3)7-8-15-10-5-6-11(14)12(9-10)16-20(4,17)18/h5-6,9,15-16H,7-8H2,1-4H3. The Labute approximate surface area is 119 Å². The first-order valence-corrected chi connectivity index (χ1v) is 8.08. The van der Waals surface area contributed by atoms with Gasteiger partial charge in [-0.25, -0.2) is 12.8 Å². The third-order valence-electron chi connectivity index (χ3n) is 2.87. The molecule has 20 heavy (non-hydrogen) atoms. The number of ether oxygens (including phenoxy) is 1. The van der Waals surface area contributed by atoms with Crippen LogP contribution < -0.4 is 10.0 Å². The lowest BCUT2D eigenvalue weighted by atomic mass is 10.1. The molecule has 2 N–H and O–H groups in total. The molecule has 0 radical (unpaired) electrons. The second kappa shape index (κ2) is 6.41. The van der Waals surface area contributed by atoms with Crippen molar-refractivity contribution < 1.29 is 17.5 Å². The number of benzene rings is 1. The summed E-state index contributed by atoms with van der Waals surface area (Å²) in [5, 5.41) is 3.11. The zero-order valence-electron chi connectivity index (χ0n) is 12.2. The fraction of sp³-hybridized carbons (Fsp3) is 0.538. The molecule has 0 aromatic heterocycles. The second-order valence-electron chi connectivity index (χ2n) is 5.21. The van der Waals surface area contributed by atoms with E-state index >= 15 is 0 Å². The second-order valence-corrected chi connectivity index (χ2v) is 6.96. The summed E-state index contributed by atoms with van der Waals surface area (Å²) in [4.78, 5) is 0. The quantitative estimate of drug-likeness (QED) is 0.812. The van der Waals surface area contributed by atoms with E-state index in [0.29, 0.717) is 12.2 Å². The summed E-state index contributed by atoms with van der Waals surface area (Å²) in [6.07, 6.45) is 1.74. The predicted octanol–water partition coefficient (Wildman–Crippen LogP) is 2.42. The molecule has 1 aromatic rings. The van der Waals surface area contributed by atoms with E-state index in [0.717, 1.165) is 12.7 Å². The fourth-order valence-electron chi connectivity index (χ4n) is 1.52. The van der Waals surface area contributed by atoms with E-state index in [4.69, 9.17) is 4.74 Å². The maximum atomic E-state index is 13.5. The third kappa shape index (κ3) is 5.75. The normalized spacial score (nSPS) is 12.2. The lowest BCUT2D eigenvalue weighted by Crippen LogP contribution is -2.25. The summed E-state index contributed by atoms with van der Waals surface area (Å²) >= 11 is 0. The molecule has 5 nitrogen and oxygen atoms in total. The summed E-state index contributed by atoms with van der Waals surface area (Å²) in [5.41, 5.74) is 0.328. The van der Waals surface area contributed by atoms with Crippen molar-refractivity contribution in [2.24, 2.45) is 0 Å². The van der Waals surface area contributed by atoms with Crippen LogP contribution in [-0.4, -0.2) is 33.9 Å². The van der Waals surface area contributed by atoms with Crippen LogP contribution in [0.3, 0.4) is 0 Å².